The van der Waals surface area contributed by atoms with E-state index in [-0.39, 0.29) is 23.6 Å². The molecule has 2 N–H and O–H groups in total. The second-order valence-electron chi connectivity index (χ2n) is 4.21. The molecule has 1 aliphatic carbocycles. The van der Waals surface area contributed by atoms with Gasteiger partial charge in [-0.3, -0.25) is 10.1 Å². The molecule has 2 rings (SSSR count). The van der Waals surface area contributed by atoms with Crippen molar-refractivity contribution in [1.82, 2.24) is 0 Å². The average molecular weight is 238 g/mol. The van der Waals surface area contributed by atoms with Crippen LogP contribution in [0.1, 0.15) is 12.8 Å². The number of nitrogens with one attached hydrogen (secondary N) is 1. The zero-order valence-corrected chi connectivity index (χ0v) is 9.47. The van der Waals surface area contributed by atoms with E-state index in [0.29, 0.717) is 0 Å². The van der Waals surface area contributed by atoms with Gasteiger partial charge in [0, 0.05) is 17.8 Å². The standard InChI is InChI=1S/C11H14N2O4/c1-17-10-6-8(2-3-9(10)13(15)16)12-11(7-14)4-5-11/h2-3,6,12,14H,4-5,7H2,1H3. The van der Waals surface area contributed by atoms with Crippen LogP contribution in [0.5, 0.6) is 5.75 Å². The maximum absolute atomic E-state index is 10.7. The Bertz CT molecular complexity index is 443. The van der Waals surface area contributed by atoms with E-state index in [1.165, 1.54) is 13.2 Å². The Morgan fingerprint density at radius 2 is 2.29 bits per heavy atom. The van der Waals surface area contributed by atoms with E-state index in [1.54, 1.807) is 12.1 Å². The Labute approximate surface area is 98.4 Å². The predicted molar refractivity (Wildman–Crippen MR) is 62.3 cm³/mol. The van der Waals surface area contributed by atoms with Crippen LogP contribution in [-0.2, 0) is 0 Å². The minimum Gasteiger partial charge on any atom is -0.490 e. The number of methoxy groups -OCH3 is 1. The first-order valence-corrected chi connectivity index (χ1v) is 5.32. The molecule has 92 valence electrons. The lowest BCUT2D eigenvalue weighted by molar-refractivity contribution is -0.385. The number of aliphatic hydroxyl groups excluding tert-OH is 1. The van der Waals surface area contributed by atoms with Gasteiger partial charge in [0.25, 0.3) is 0 Å². The SMILES string of the molecule is COc1cc(NC2(CO)CC2)ccc1[N+](=O)[O-]. The lowest BCUT2D eigenvalue weighted by Gasteiger charge is -2.16. The van der Waals surface area contributed by atoms with Crippen LogP contribution < -0.4 is 10.1 Å². The first-order chi connectivity index (χ1) is 8.10. The van der Waals surface area contributed by atoms with Gasteiger partial charge in [-0.1, -0.05) is 0 Å². The molecule has 0 radical (unpaired) electrons. The largest absolute Gasteiger partial charge is 0.490 e. The normalized spacial score (nSPS) is 16.4. The number of aliphatic hydroxyl groups is 1. The highest BCUT2D eigenvalue weighted by molar-refractivity contribution is 5.59. The molecule has 1 fully saturated rings. The molecule has 0 unspecified atom stereocenters. The Morgan fingerprint density at radius 1 is 1.59 bits per heavy atom. The highest BCUT2D eigenvalue weighted by Gasteiger charge is 2.42. The van der Waals surface area contributed by atoms with Gasteiger partial charge >= 0.3 is 5.69 Å². The Kier molecular flexibility index (Phi) is 2.89. The van der Waals surface area contributed by atoms with Crippen molar-refractivity contribution in [2.45, 2.75) is 18.4 Å². The smallest absolute Gasteiger partial charge is 0.311 e. The summed E-state index contributed by atoms with van der Waals surface area (Å²) in [4.78, 5) is 10.2. The molecular weight excluding hydrogens is 224 g/mol. The molecule has 0 aromatic heterocycles. The molecule has 1 aromatic carbocycles. The van der Waals surface area contributed by atoms with E-state index in [4.69, 9.17) is 4.74 Å². The van der Waals surface area contributed by atoms with Crippen molar-refractivity contribution in [3.63, 3.8) is 0 Å². The van der Waals surface area contributed by atoms with E-state index in [0.717, 1.165) is 18.5 Å². The third-order valence-electron chi connectivity index (χ3n) is 2.94. The first-order valence-electron chi connectivity index (χ1n) is 5.32. The molecule has 1 aromatic rings. The van der Waals surface area contributed by atoms with Gasteiger partial charge in [-0.05, 0) is 18.9 Å². The van der Waals surface area contributed by atoms with Gasteiger partial charge in [0.05, 0.1) is 24.2 Å². The molecule has 6 heteroatoms. The first kappa shape index (κ1) is 11.7. The van der Waals surface area contributed by atoms with E-state index < -0.39 is 4.92 Å². The van der Waals surface area contributed by atoms with Crippen LogP contribution in [-0.4, -0.2) is 29.3 Å². The van der Waals surface area contributed by atoms with Crippen molar-refractivity contribution in [3.05, 3.63) is 28.3 Å². The second-order valence-corrected chi connectivity index (χ2v) is 4.21. The number of nitro groups is 1. The molecule has 0 bridgehead atoms. The molecule has 0 heterocycles. The van der Waals surface area contributed by atoms with Gasteiger partial charge in [-0.2, -0.15) is 0 Å². The molecule has 0 saturated heterocycles. The van der Waals surface area contributed by atoms with Crippen molar-refractivity contribution in [3.8, 4) is 5.75 Å². The Balaban J connectivity index is 2.22. The van der Waals surface area contributed by atoms with Crippen LogP contribution in [0.25, 0.3) is 0 Å². The fourth-order valence-electron chi connectivity index (χ4n) is 1.69. The quantitative estimate of drug-likeness (QED) is 0.600. The Hall–Kier alpha value is -1.82. The third-order valence-corrected chi connectivity index (χ3v) is 2.94. The zero-order valence-electron chi connectivity index (χ0n) is 9.47. The van der Waals surface area contributed by atoms with E-state index in [9.17, 15) is 15.2 Å². The lowest BCUT2D eigenvalue weighted by atomic mass is 10.2. The second kappa shape index (κ2) is 4.21. The van der Waals surface area contributed by atoms with Crippen LogP contribution in [0.3, 0.4) is 0 Å². The predicted octanol–water partition coefficient (Wildman–Crippen LogP) is 1.54. The Morgan fingerprint density at radius 3 is 2.76 bits per heavy atom. The molecule has 6 nitrogen and oxygen atoms in total. The van der Waals surface area contributed by atoms with Gasteiger partial charge in [0.15, 0.2) is 5.75 Å². The van der Waals surface area contributed by atoms with Gasteiger partial charge in [-0.15, -0.1) is 0 Å². The van der Waals surface area contributed by atoms with Gasteiger partial charge in [0.1, 0.15) is 0 Å². The number of nitro benzene ring substituents is 1. The maximum atomic E-state index is 10.7. The molecule has 0 amide bonds. The molecule has 0 spiro atoms. The van der Waals surface area contributed by atoms with Crippen LogP contribution in [0.4, 0.5) is 11.4 Å². The molecule has 0 aliphatic heterocycles. The minimum atomic E-state index is -0.485. The van der Waals surface area contributed by atoms with Crippen molar-refractivity contribution in [1.29, 1.82) is 0 Å². The highest BCUT2D eigenvalue weighted by atomic mass is 16.6. The molecular formula is C11H14N2O4. The van der Waals surface area contributed by atoms with Crippen LogP contribution >= 0.6 is 0 Å². The summed E-state index contributed by atoms with van der Waals surface area (Å²) in [6.07, 6.45) is 1.81. The summed E-state index contributed by atoms with van der Waals surface area (Å²) < 4.78 is 4.97. The van der Waals surface area contributed by atoms with E-state index in [1.807, 2.05) is 0 Å². The van der Waals surface area contributed by atoms with Gasteiger partial charge in [0.2, 0.25) is 0 Å². The van der Waals surface area contributed by atoms with E-state index in [2.05, 4.69) is 5.32 Å². The topological polar surface area (TPSA) is 84.6 Å². The number of ether oxygens (including phenoxy) is 1. The van der Waals surface area contributed by atoms with Crippen LogP contribution in [0, 0.1) is 10.1 Å². The summed E-state index contributed by atoms with van der Waals surface area (Å²) in [5.74, 6) is 0.216. The maximum Gasteiger partial charge on any atom is 0.311 e. The summed E-state index contributed by atoms with van der Waals surface area (Å²) in [6, 6.07) is 4.60. The van der Waals surface area contributed by atoms with Gasteiger partial charge in [-0.25, -0.2) is 0 Å². The monoisotopic (exact) mass is 238 g/mol. The number of hydrogen-bond acceptors (Lipinski definition) is 5. The van der Waals surface area contributed by atoms with Crippen LogP contribution in [0.15, 0.2) is 18.2 Å². The van der Waals surface area contributed by atoms with Crippen molar-refractivity contribution < 1.29 is 14.8 Å². The third kappa shape index (κ3) is 2.31. The molecule has 0 atom stereocenters. The number of rotatable bonds is 5. The lowest BCUT2D eigenvalue weighted by Crippen LogP contribution is -2.25. The van der Waals surface area contributed by atoms with Crippen molar-refractivity contribution in [2.24, 2.45) is 0 Å². The fraction of sp³-hybridized carbons (Fsp3) is 0.455. The minimum absolute atomic E-state index is 0.0618. The van der Waals surface area contributed by atoms with Gasteiger partial charge < -0.3 is 15.2 Å². The van der Waals surface area contributed by atoms with E-state index >= 15 is 0 Å². The molecule has 17 heavy (non-hydrogen) atoms. The summed E-state index contributed by atoms with van der Waals surface area (Å²) >= 11 is 0. The number of anilines is 1. The fourth-order valence-corrected chi connectivity index (χ4v) is 1.69. The summed E-state index contributed by atoms with van der Waals surface area (Å²) in [5.41, 5.74) is 0.409. The van der Waals surface area contributed by atoms with Crippen molar-refractivity contribution >= 4 is 11.4 Å². The molecule has 1 aliphatic rings. The summed E-state index contributed by atoms with van der Waals surface area (Å²) in [7, 11) is 1.39. The number of nitrogens with zero attached hydrogens (tertiary/aromatic N) is 1. The zero-order chi connectivity index (χ0) is 12.5. The van der Waals surface area contributed by atoms with Crippen molar-refractivity contribution in [2.75, 3.05) is 19.0 Å². The summed E-state index contributed by atoms with van der Waals surface area (Å²) in [6.45, 7) is 0.0618. The molecule has 1 saturated carbocycles. The number of hydrogen-bond donors (Lipinski definition) is 2. The summed E-state index contributed by atoms with van der Waals surface area (Å²) in [5, 5.41) is 23.1. The average Bonchev–Trinajstić information content (AvgIpc) is 3.09. The van der Waals surface area contributed by atoms with Crippen LogP contribution in [0.2, 0.25) is 0 Å². The number of benzene rings is 1. The highest BCUT2D eigenvalue weighted by Crippen LogP contribution is 2.40.